The molecule has 3 N–H and O–H groups in total. The van der Waals surface area contributed by atoms with Crippen LogP contribution in [0.3, 0.4) is 0 Å². The van der Waals surface area contributed by atoms with E-state index in [9.17, 15) is 4.79 Å². The Hall–Kier alpha value is -0.260. The number of ether oxygens (including phenoxy) is 1. The maximum atomic E-state index is 11.3. The van der Waals surface area contributed by atoms with Crippen LogP contribution < -0.4 is 11.1 Å². The van der Waals surface area contributed by atoms with Crippen LogP contribution >= 0.6 is 11.8 Å². The summed E-state index contributed by atoms with van der Waals surface area (Å²) in [5.41, 5.74) is 5.23. The third kappa shape index (κ3) is 7.17. The number of nitrogens with two attached hydrogens (primary N) is 1. The zero-order valence-corrected chi connectivity index (χ0v) is 9.73. The van der Waals surface area contributed by atoms with Gasteiger partial charge in [0.25, 0.3) is 0 Å². The number of amides is 1. The summed E-state index contributed by atoms with van der Waals surface area (Å²) in [6, 6.07) is 0.249. The molecule has 84 valence electrons. The highest BCUT2D eigenvalue weighted by atomic mass is 32.2. The highest BCUT2D eigenvalue weighted by Gasteiger charge is 2.08. The molecule has 0 aromatic rings. The van der Waals surface area contributed by atoms with Crippen molar-refractivity contribution in [1.29, 1.82) is 0 Å². The molecule has 5 heteroatoms. The molecular formula is C9H20N2O2S. The van der Waals surface area contributed by atoms with Gasteiger partial charge in [-0.3, -0.25) is 4.79 Å². The molecule has 1 amide bonds. The molecule has 0 bridgehead atoms. The van der Waals surface area contributed by atoms with Crippen LogP contribution in [0, 0.1) is 0 Å². The summed E-state index contributed by atoms with van der Waals surface area (Å²) in [6.07, 6.45) is 2.98. The van der Waals surface area contributed by atoms with E-state index in [1.807, 2.05) is 6.26 Å². The van der Waals surface area contributed by atoms with Gasteiger partial charge in [-0.15, -0.1) is 0 Å². The average Bonchev–Trinajstić information content (AvgIpc) is 2.17. The molecule has 0 rings (SSSR count). The van der Waals surface area contributed by atoms with Crippen molar-refractivity contribution in [1.82, 2.24) is 5.32 Å². The summed E-state index contributed by atoms with van der Waals surface area (Å²) < 4.78 is 5.02. The molecule has 0 aliphatic heterocycles. The summed E-state index contributed by atoms with van der Waals surface area (Å²) >= 11 is 1.73. The van der Waals surface area contributed by atoms with Crippen molar-refractivity contribution in [2.45, 2.75) is 19.4 Å². The summed E-state index contributed by atoms with van der Waals surface area (Å²) in [5.74, 6) is 0.887. The Kier molecular flexibility index (Phi) is 9.13. The first kappa shape index (κ1) is 13.7. The Morgan fingerprint density at radius 3 is 2.86 bits per heavy atom. The molecule has 0 saturated heterocycles. The van der Waals surface area contributed by atoms with Crippen molar-refractivity contribution in [2.24, 2.45) is 5.73 Å². The highest BCUT2D eigenvalue weighted by molar-refractivity contribution is 7.98. The zero-order valence-electron chi connectivity index (χ0n) is 8.91. The Morgan fingerprint density at radius 1 is 1.64 bits per heavy atom. The van der Waals surface area contributed by atoms with Gasteiger partial charge in [-0.05, 0) is 12.7 Å². The Morgan fingerprint density at radius 2 is 2.36 bits per heavy atom. The fourth-order valence-corrected chi connectivity index (χ4v) is 1.70. The van der Waals surface area contributed by atoms with Gasteiger partial charge in [-0.2, -0.15) is 11.8 Å². The van der Waals surface area contributed by atoms with Crippen LogP contribution in [0.15, 0.2) is 0 Å². The smallest absolute Gasteiger partial charge is 0.246 e. The molecule has 0 fully saturated rings. The summed E-state index contributed by atoms with van der Waals surface area (Å²) in [7, 11) is 0. The monoisotopic (exact) mass is 220 g/mol. The lowest BCUT2D eigenvalue weighted by molar-refractivity contribution is -0.126. The Labute approximate surface area is 89.9 Å². The summed E-state index contributed by atoms with van der Waals surface area (Å²) in [6.45, 7) is 3.06. The van der Waals surface area contributed by atoms with Gasteiger partial charge in [0.2, 0.25) is 5.91 Å². The summed E-state index contributed by atoms with van der Waals surface area (Å²) in [4.78, 5) is 11.3. The average molecular weight is 220 g/mol. The van der Waals surface area contributed by atoms with Crippen LogP contribution in [0.1, 0.15) is 13.3 Å². The van der Waals surface area contributed by atoms with Gasteiger partial charge in [0.05, 0.1) is 6.61 Å². The Bertz CT molecular complexity index is 156. The third-order valence-corrected chi connectivity index (χ3v) is 2.46. The predicted molar refractivity (Wildman–Crippen MR) is 60.5 cm³/mol. The van der Waals surface area contributed by atoms with Crippen molar-refractivity contribution in [2.75, 3.05) is 31.8 Å². The molecule has 4 nitrogen and oxygen atoms in total. The quantitative estimate of drug-likeness (QED) is 0.574. The molecule has 0 aromatic carbocycles. The maximum Gasteiger partial charge on any atom is 0.246 e. The summed E-state index contributed by atoms with van der Waals surface area (Å²) in [5, 5.41) is 2.90. The minimum atomic E-state index is -0.0562. The van der Waals surface area contributed by atoms with Gasteiger partial charge in [0.15, 0.2) is 0 Å². The second kappa shape index (κ2) is 9.30. The van der Waals surface area contributed by atoms with Crippen LogP contribution in [0.25, 0.3) is 0 Å². The van der Waals surface area contributed by atoms with Gasteiger partial charge in [-0.1, -0.05) is 6.92 Å². The van der Waals surface area contributed by atoms with Gasteiger partial charge < -0.3 is 15.8 Å². The van der Waals surface area contributed by atoms with E-state index in [0.29, 0.717) is 13.2 Å². The maximum absolute atomic E-state index is 11.3. The number of rotatable bonds is 8. The minimum Gasteiger partial charge on any atom is -0.370 e. The fraction of sp³-hybridized carbons (Fsp3) is 0.889. The molecule has 14 heavy (non-hydrogen) atoms. The third-order valence-electron chi connectivity index (χ3n) is 1.72. The lowest BCUT2D eigenvalue weighted by atomic mass is 10.2. The molecule has 0 saturated carbocycles. The normalized spacial score (nSPS) is 12.5. The molecule has 0 aliphatic carbocycles. The van der Waals surface area contributed by atoms with Gasteiger partial charge >= 0.3 is 0 Å². The predicted octanol–water partition coefficient (Wildman–Crippen LogP) is 0.220. The molecule has 0 aromatic heterocycles. The van der Waals surface area contributed by atoms with Crippen molar-refractivity contribution in [3.05, 3.63) is 0 Å². The van der Waals surface area contributed by atoms with E-state index in [1.165, 1.54) is 0 Å². The van der Waals surface area contributed by atoms with Crippen LogP contribution in [0.5, 0.6) is 0 Å². The van der Waals surface area contributed by atoms with Crippen LogP contribution in [0.2, 0.25) is 0 Å². The topological polar surface area (TPSA) is 64.3 Å². The second-order valence-electron chi connectivity index (χ2n) is 2.97. The first-order chi connectivity index (χ1) is 6.74. The highest BCUT2D eigenvalue weighted by Crippen LogP contribution is 2.00. The number of carbonyl (C=O) groups is 1. The molecule has 1 unspecified atom stereocenters. The van der Waals surface area contributed by atoms with Gasteiger partial charge in [0.1, 0.15) is 6.61 Å². The van der Waals surface area contributed by atoms with Crippen molar-refractivity contribution in [3.63, 3.8) is 0 Å². The first-order valence-corrected chi connectivity index (χ1v) is 6.20. The second-order valence-corrected chi connectivity index (χ2v) is 3.88. The minimum absolute atomic E-state index is 0.0562. The van der Waals surface area contributed by atoms with Crippen LogP contribution in [-0.2, 0) is 9.53 Å². The lowest BCUT2D eigenvalue weighted by Gasteiger charge is -2.15. The standard InChI is InChI=1S/C9H20N2O2S/c1-3-8(7-14-2)11-9(12)6-13-5-4-10/h8H,3-7,10H2,1-2H3,(H,11,12). The van der Waals surface area contributed by atoms with Gasteiger partial charge in [0, 0.05) is 18.3 Å². The molecule has 0 spiro atoms. The number of carbonyl (C=O) groups excluding carboxylic acids is 1. The number of hydrogen-bond donors (Lipinski definition) is 2. The molecule has 0 heterocycles. The van der Waals surface area contributed by atoms with Gasteiger partial charge in [-0.25, -0.2) is 0 Å². The zero-order chi connectivity index (χ0) is 10.8. The van der Waals surface area contributed by atoms with E-state index in [1.54, 1.807) is 11.8 Å². The number of nitrogens with one attached hydrogen (secondary N) is 1. The molecule has 0 aliphatic rings. The van der Waals surface area contributed by atoms with E-state index in [4.69, 9.17) is 10.5 Å². The van der Waals surface area contributed by atoms with E-state index in [0.717, 1.165) is 12.2 Å². The first-order valence-electron chi connectivity index (χ1n) is 4.80. The molecule has 1 atom stereocenters. The fourth-order valence-electron chi connectivity index (χ4n) is 0.980. The van der Waals surface area contributed by atoms with Crippen molar-refractivity contribution in [3.8, 4) is 0 Å². The van der Waals surface area contributed by atoms with E-state index in [-0.39, 0.29) is 18.6 Å². The van der Waals surface area contributed by atoms with Crippen LogP contribution in [0.4, 0.5) is 0 Å². The van der Waals surface area contributed by atoms with E-state index >= 15 is 0 Å². The molecule has 0 radical (unpaired) electrons. The van der Waals surface area contributed by atoms with Crippen molar-refractivity contribution >= 4 is 17.7 Å². The van der Waals surface area contributed by atoms with E-state index < -0.39 is 0 Å². The Balaban J connectivity index is 3.56. The SMILES string of the molecule is CCC(CSC)NC(=O)COCCN. The lowest BCUT2D eigenvalue weighted by Crippen LogP contribution is -2.38. The largest absolute Gasteiger partial charge is 0.370 e. The van der Waals surface area contributed by atoms with Crippen molar-refractivity contribution < 1.29 is 9.53 Å². The molecular weight excluding hydrogens is 200 g/mol. The number of hydrogen-bond acceptors (Lipinski definition) is 4. The number of thioether (sulfide) groups is 1. The van der Waals surface area contributed by atoms with Crippen LogP contribution in [-0.4, -0.2) is 43.7 Å². The van der Waals surface area contributed by atoms with E-state index in [2.05, 4.69) is 12.2 Å².